The van der Waals surface area contributed by atoms with Crippen LogP contribution < -0.4 is 14.2 Å². The van der Waals surface area contributed by atoms with Gasteiger partial charge in [-0.1, -0.05) is 63.0 Å². The summed E-state index contributed by atoms with van der Waals surface area (Å²) in [4.78, 5) is 27.3. The molecule has 1 aliphatic heterocycles. The average Bonchev–Trinajstić information content (AvgIpc) is 3.52. The lowest BCUT2D eigenvalue weighted by atomic mass is 9.96. The van der Waals surface area contributed by atoms with Crippen LogP contribution >= 0.6 is 20.0 Å². The van der Waals surface area contributed by atoms with Gasteiger partial charge in [-0.15, -0.1) is 0 Å². The van der Waals surface area contributed by atoms with E-state index < -0.39 is 44.1 Å². The van der Waals surface area contributed by atoms with Gasteiger partial charge in [-0.25, -0.2) is 9.59 Å². The summed E-state index contributed by atoms with van der Waals surface area (Å²) >= 11 is 1.11. The Morgan fingerprint density at radius 2 is 1.71 bits per heavy atom. The van der Waals surface area contributed by atoms with E-state index in [4.69, 9.17) is 43.4 Å². The summed E-state index contributed by atoms with van der Waals surface area (Å²) in [5.74, 6) is -0.402. The van der Waals surface area contributed by atoms with E-state index in [9.17, 15) is 9.59 Å². The molecular weight excluding hydrogens is 796 g/mol. The van der Waals surface area contributed by atoms with Gasteiger partial charge in [0.05, 0.1) is 32.8 Å². The molecular formula is C44H61O11PSSi. The van der Waals surface area contributed by atoms with Crippen LogP contribution in [0.25, 0.3) is 0 Å². The molecule has 0 saturated carbocycles. The van der Waals surface area contributed by atoms with Crippen molar-refractivity contribution in [3.8, 4) is 17.2 Å². The van der Waals surface area contributed by atoms with Crippen molar-refractivity contribution in [2.45, 2.75) is 109 Å². The maximum Gasteiger partial charge on any atom is 0.342 e. The van der Waals surface area contributed by atoms with E-state index in [-0.39, 0.29) is 33.8 Å². The van der Waals surface area contributed by atoms with Crippen molar-refractivity contribution in [2.24, 2.45) is 5.92 Å². The number of hydrogen-bond donors (Lipinski definition) is 0. The normalized spacial score (nSPS) is 18.5. The summed E-state index contributed by atoms with van der Waals surface area (Å²) in [6.07, 6.45) is 3.21. The molecule has 2 unspecified atom stereocenters. The molecule has 11 nitrogen and oxygen atoms in total. The quantitative estimate of drug-likeness (QED) is 0.0213. The molecule has 0 aromatic heterocycles. The van der Waals surface area contributed by atoms with Crippen molar-refractivity contribution in [1.82, 2.24) is 0 Å². The third kappa shape index (κ3) is 15.0. The number of rotatable bonds is 24. The number of hydrogen-bond acceptors (Lipinski definition) is 12. The van der Waals surface area contributed by atoms with E-state index in [0.29, 0.717) is 54.1 Å². The first-order chi connectivity index (χ1) is 28.1. The molecule has 0 N–H and O–H groups in total. The van der Waals surface area contributed by atoms with E-state index in [1.165, 1.54) is 7.11 Å². The monoisotopic (exact) mass is 858 g/mol. The molecule has 4 rings (SSSR count). The van der Waals surface area contributed by atoms with Crippen LogP contribution in [0.2, 0.25) is 25.7 Å². The smallest absolute Gasteiger partial charge is 0.342 e. The highest BCUT2D eigenvalue weighted by atomic mass is 32.7. The van der Waals surface area contributed by atoms with Gasteiger partial charge in [-0.3, -0.25) is 0 Å². The molecule has 0 radical (unpaired) electrons. The van der Waals surface area contributed by atoms with Gasteiger partial charge in [-0.05, 0) is 102 Å². The van der Waals surface area contributed by atoms with E-state index in [1.54, 1.807) is 37.4 Å². The number of methoxy groups -OCH3 is 2. The van der Waals surface area contributed by atoms with Crippen molar-refractivity contribution in [3.05, 3.63) is 101 Å². The van der Waals surface area contributed by atoms with Crippen molar-refractivity contribution in [2.75, 3.05) is 27.6 Å². The maximum absolute atomic E-state index is 13.9. The molecule has 1 saturated heterocycles. The van der Waals surface area contributed by atoms with Crippen molar-refractivity contribution < 1.29 is 51.7 Å². The minimum Gasteiger partial charge on any atom is -0.497 e. The van der Waals surface area contributed by atoms with Crippen LogP contribution in [0.4, 0.5) is 0 Å². The molecule has 3 aromatic carbocycles. The van der Waals surface area contributed by atoms with Crippen LogP contribution in [0.5, 0.6) is 17.2 Å². The highest BCUT2D eigenvalue weighted by molar-refractivity contribution is 8.40. The van der Waals surface area contributed by atoms with Gasteiger partial charge in [0.25, 0.3) is 0 Å². The number of benzene rings is 3. The first-order valence-corrected chi connectivity index (χ1v) is 25.3. The van der Waals surface area contributed by atoms with Crippen molar-refractivity contribution in [1.29, 1.82) is 1.28 Å². The van der Waals surface area contributed by atoms with Gasteiger partial charge < -0.3 is 42.1 Å². The number of aryl methyl sites for hydroxylation is 1. The predicted octanol–water partition coefficient (Wildman–Crippen LogP) is 9.86. The molecule has 14 heteroatoms. The Labute approximate surface area is 353 Å². The molecule has 0 amide bonds. The Morgan fingerprint density at radius 3 is 2.38 bits per heavy atom. The summed E-state index contributed by atoms with van der Waals surface area (Å²) in [6, 6.07) is 20.8. The van der Waals surface area contributed by atoms with Crippen LogP contribution in [0.1, 0.15) is 72.4 Å². The molecule has 0 spiro atoms. The van der Waals surface area contributed by atoms with Gasteiger partial charge in [0.1, 0.15) is 41.6 Å². The van der Waals surface area contributed by atoms with E-state index in [2.05, 4.69) is 19.6 Å². The highest BCUT2D eigenvalue weighted by Crippen LogP contribution is 2.36. The molecule has 1 heterocycles. The van der Waals surface area contributed by atoms with Crippen LogP contribution in [0.3, 0.4) is 0 Å². The second-order valence-electron chi connectivity index (χ2n) is 16.0. The fourth-order valence-electron chi connectivity index (χ4n) is 6.25. The number of carbonyl (C=O) groups excluding carboxylic acids is 2. The fraction of sp³-hybridized carbons (Fsp3) is 0.500. The summed E-state index contributed by atoms with van der Waals surface area (Å²) in [5.41, 5.74) is 2.37. The van der Waals surface area contributed by atoms with Gasteiger partial charge in [0.2, 0.25) is 0 Å². The van der Waals surface area contributed by atoms with Gasteiger partial charge in [-0.2, -0.15) is 0 Å². The van der Waals surface area contributed by atoms with Crippen molar-refractivity contribution >= 4 is 40.1 Å². The Balaban J connectivity index is 1.62. The maximum atomic E-state index is 13.9. The Kier molecular flexibility index (Phi) is 18.0. The van der Waals surface area contributed by atoms with Crippen LogP contribution in [0.15, 0.2) is 78.9 Å². The lowest BCUT2D eigenvalue weighted by Gasteiger charge is -2.25. The summed E-state index contributed by atoms with van der Waals surface area (Å²) < 4.78 is 61.0. The lowest BCUT2D eigenvalue weighted by Crippen LogP contribution is -2.38. The third-order valence-electron chi connectivity index (χ3n) is 9.62. The minimum absolute atomic E-state index is 0.0526. The van der Waals surface area contributed by atoms with E-state index in [0.717, 1.165) is 29.0 Å². The molecule has 1 aliphatic rings. The molecule has 1 fully saturated rings. The lowest BCUT2D eigenvalue weighted by molar-refractivity contribution is -0.153. The second-order valence-corrected chi connectivity index (χ2v) is 22.5. The number of carbonyl (C=O) groups is 2. The third-order valence-corrected chi connectivity index (χ3v) is 12.0. The standard InChI is InChI=1S/C44H61O11PSSi/c1-30(31(2)55-57-56)18-23-37(52-42(45)33-14-11-10-12-15-33)41-38(53-44(3,4)54-41)17-13-16-34-26-36(50-28-32-19-21-35(48-6)22-20-32)27-39(51-29-47-5)40(34)43(46)49-24-25-58(7,8)9/h10-12,14-15,18-23,26-27,30-31,37-38,41H,13,16-17,24-25,28-29,56H2,1-9H3/b23-18-/t30-,31+,37?,38-,41-/m1/s1/i56T/t30-,31+,37?,38-,41-,56?. The summed E-state index contributed by atoms with van der Waals surface area (Å²) in [5, 5.41) is 0. The zero-order valence-corrected chi connectivity index (χ0v) is 38.1. The molecule has 318 valence electrons. The Morgan fingerprint density at radius 1 is 0.966 bits per heavy atom. The Hall–Kier alpha value is -3.42. The summed E-state index contributed by atoms with van der Waals surface area (Å²) in [6.45, 7) is 14.8. The minimum atomic E-state index is -1.48. The largest absolute Gasteiger partial charge is 0.497 e. The molecule has 6 atom stereocenters. The van der Waals surface area contributed by atoms with E-state index in [1.807, 2.05) is 76.2 Å². The van der Waals surface area contributed by atoms with Gasteiger partial charge in [0.15, 0.2) is 12.6 Å². The fourth-order valence-corrected chi connectivity index (χ4v) is 7.75. The number of ether oxygens (including phenoxy) is 8. The Bertz CT molecular complexity index is 1790. The van der Waals surface area contributed by atoms with Gasteiger partial charge in [0, 0.05) is 38.8 Å². The first-order valence-electron chi connectivity index (χ1n) is 20.1. The molecule has 0 bridgehead atoms. The van der Waals surface area contributed by atoms with E-state index >= 15 is 0 Å². The van der Waals surface area contributed by atoms with Crippen LogP contribution in [-0.2, 0) is 40.9 Å². The average molecular weight is 859 g/mol. The predicted molar refractivity (Wildman–Crippen MR) is 233 cm³/mol. The first kappa shape index (κ1) is 45.7. The van der Waals surface area contributed by atoms with Crippen LogP contribution in [0, 0.1) is 5.92 Å². The molecule has 3 aromatic rings. The molecule has 58 heavy (non-hydrogen) atoms. The van der Waals surface area contributed by atoms with Crippen molar-refractivity contribution in [3.63, 3.8) is 0 Å². The highest BCUT2D eigenvalue weighted by Gasteiger charge is 2.45. The van der Waals surface area contributed by atoms with Gasteiger partial charge >= 0.3 is 11.9 Å². The zero-order chi connectivity index (χ0) is 43.0. The number of esters is 2. The zero-order valence-electron chi connectivity index (χ0n) is 36.2. The molecule has 0 aliphatic carbocycles. The van der Waals surface area contributed by atoms with Crippen LogP contribution in [-0.4, -0.2) is 79.1 Å². The second kappa shape index (κ2) is 22.8. The SMILES string of the molecule is [3H]PSO[C@@H](C)[C@H](C)/C=C\C(OC(=O)c1ccccc1)[C@H]1OC(C)(C)O[C@@H]1CCCc1cc(OCc2ccc(OC)cc2)cc(OCOC)c1C(=O)OCC[Si](C)(C)C. The summed E-state index contributed by atoms with van der Waals surface area (Å²) in [7, 11) is 1.52. The topological polar surface area (TPSA) is 117 Å².